The SMILES string of the molecule is O=C(O)CSCc1csc(-c2ccco2)n1. The second kappa shape index (κ2) is 5.18. The predicted octanol–water partition coefficient (Wildman–Crippen LogP) is 2.72. The minimum Gasteiger partial charge on any atom is -0.481 e. The molecule has 2 aromatic rings. The molecule has 0 saturated heterocycles. The maximum Gasteiger partial charge on any atom is 0.313 e. The van der Waals surface area contributed by atoms with Gasteiger partial charge in [0.2, 0.25) is 0 Å². The van der Waals surface area contributed by atoms with Crippen LogP contribution in [0.25, 0.3) is 10.8 Å². The molecular formula is C10H9NO3S2. The smallest absolute Gasteiger partial charge is 0.313 e. The Labute approximate surface area is 100 Å². The van der Waals surface area contributed by atoms with Gasteiger partial charge in [-0.15, -0.1) is 23.1 Å². The summed E-state index contributed by atoms with van der Waals surface area (Å²) in [7, 11) is 0. The molecule has 0 bridgehead atoms. The van der Waals surface area contributed by atoms with Gasteiger partial charge in [-0.3, -0.25) is 4.79 Å². The van der Waals surface area contributed by atoms with Crippen molar-refractivity contribution in [2.75, 3.05) is 5.75 Å². The third-order valence-corrected chi connectivity index (χ3v) is 3.62. The third kappa shape index (κ3) is 2.86. The van der Waals surface area contributed by atoms with Crippen LogP contribution >= 0.6 is 23.1 Å². The van der Waals surface area contributed by atoms with E-state index in [0.29, 0.717) is 5.75 Å². The molecule has 0 amide bonds. The molecule has 0 aliphatic carbocycles. The normalized spacial score (nSPS) is 10.5. The van der Waals surface area contributed by atoms with Crippen molar-refractivity contribution in [1.82, 2.24) is 4.98 Å². The Morgan fingerprint density at radius 1 is 1.62 bits per heavy atom. The lowest BCUT2D eigenvalue weighted by Crippen LogP contribution is -1.98. The van der Waals surface area contributed by atoms with Crippen LogP contribution in [0.2, 0.25) is 0 Å². The van der Waals surface area contributed by atoms with E-state index in [1.807, 2.05) is 17.5 Å². The first kappa shape index (κ1) is 11.2. The minimum absolute atomic E-state index is 0.105. The van der Waals surface area contributed by atoms with Gasteiger partial charge in [-0.1, -0.05) is 0 Å². The van der Waals surface area contributed by atoms with Crippen molar-refractivity contribution < 1.29 is 14.3 Å². The molecule has 2 heterocycles. The quantitative estimate of drug-likeness (QED) is 0.890. The number of hydrogen-bond acceptors (Lipinski definition) is 5. The van der Waals surface area contributed by atoms with E-state index in [4.69, 9.17) is 9.52 Å². The van der Waals surface area contributed by atoms with Gasteiger partial charge in [-0.25, -0.2) is 4.98 Å². The van der Waals surface area contributed by atoms with Gasteiger partial charge in [0, 0.05) is 11.1 Å². The van der Waals surface area contributed by atoms with E-state index in [1.54, 1.807) is 6.26 Å². The highest BCUT2D eigenvalue weighted by molar-refractivity contribution is 7.99. The number of furan rings is 1. The van der Waals surface area contributed by atoms with Crippen molar-refractivity contribution in [2.24, 2.45) is 0 Å². The highest BCUT2D eigenvalue weighted by Gasteiger charge is 2.07. The number of rotatable bonds is 5. The van der Waals surface area contributed by atoms with Crippen LogP contribution in [0.4, 0.5) is 0 Å². The van der Waals surface area contributed by atoms with Crippen molar-refractivity contribution in [3.63, 3.8) is 0 Å². The van der Waals surface area contributed by atoms with Crippen LogP contribution in [0.3, 0.4) is 0 Å². The predicted molar refractivity (Wildman–Crippen MR) is 63.6 cm³/mol. The molecule has 84 valence electrons. The van der Waals surface area contributed by atoms with E-state index in [-0.39, 0.29) is 5.75 Å². The Kier molecular flexibility index (Phi) is 3.63. The van der Waals surface area contributed by atoms with Crippen molar-refractivity contribution >= 4 is 29.1 Å². The zero-order chi connectivity index (χ0) is 11.4. The van der Waals surface area contributed by atoms with Crippen molar-refractivity contribution in [3.8, 4) is 10.8 Å². The minimum atomic E-state index is -0.800. The van der Waals surface area contributed by atoms with Gasteiger partial charge in [0.05, 0.1) is 17.7 Å². The molecule has 2 aromatic heterocycles. The highest BCUT2D eigenvalue weighted by atomic mass is 32.2. The Bertz CT molecular complexity index is 464. The number of thioether (sulfide) groups is 1. The molecule has 0 fully saturated rings. The topological polar surface area (TPSA) is 63.3 Å². The van der Waals surface area contributed by atoms with Crippen molar-refractivity contribution in [2.45, 2.75) is 5.75 Å². The first-order chi connectivity index (χ1) is 7.75. The molecule has 1 N–H and O–H groups in total. The molecule has 0 unspecified atom stereocenters. The van der Waals surface area contributed by atoms with Gasteiger partial charge in [0.15, 0.2) is 10.8 Å². The second-order valence-corrected chi connectivity index (χ2v) is 4.85. The summed E-state index contributed by atoms with van der Waals surface area (Å²) in [4.78, 5) is 14.7. The lowest BCUT2D eigenvalue weighted by molar-refractivity contribution is -0.133. The number of carboxylic acids is 1. The van der Waals surface area contributed by atoms with Crippen LogP contribution < -0.4 is 0 Å². The molecule has 0 atom stereocenters. The zero-order valence-corrected chi connectivity index (χ0v) is 9.88. The third-order valence-electron chi connectivity index (χ3n) is 1.76. The summed E-state index contributed by atoms with van der Waals surface area (Å²) in [5, 5.41) is 11.2. The summed E-state index contributed by atoms with van der Waals surface area (Å²) in [5.74, 6) is 0.669. The first-order valence-corrected chi connectivity index (χ1v) is 6.57. The van der Waals surface area contributed by atoms with Gasteiger partial charge in [0.1, 0.15) is 0 Å². The van der Waals surface area contributed by atoms with Crippen molar-refractivity contribution in [1.29, 1.82) is 0 Å². The van der Waals surface area contributed by atoms with E-state index in [9.17, 15) is 4.79 Å². The lowest BCUT2D eigenvalue weighted by atomic mass is 10.5. The summed E-state index contributed by atoms with van der Waals surface area (Å²) < 4.78 is 5.22. The van der Waals surface area contributed by atoms with Crippen LogP contribution in [0.15, 0.2) is 28.2 Å². The monoisotopic (exact) mass is 255 g/mol. The van der Waals surface area contributed by atoms with Gasteiger partial charge in [-0.2, -0.15) is 0 Å². The van der Waals surface area contributed by atoms with E-state index >= 15 is 0 Å². The Balaban J connectivity index is 1.95. The van der Waals surface area contributed by atoms with E-state index < -0.39 is 5.97 Å². The van der Waals surface area contributed by atoms with E-state index in [2.05, 4.69) is 4.98 Å². The summed E-state index contributed by atoms with van der Waals surface area (Å²) in [6.45, 7) is 0. The Morgan fingerprint density at radius 2 is 2.50 bits per heavy atom. The highest BCUT2D eigenvalue weighted by Crippen LogP contribution is 2.25. The summed E-state index contributed by atoms with van der Waals surface area (Å²) in [5.41, 5.74) is 0.891. The fraction of sp³-hybridized carbons (Fsp3) is 0.200. The molecule has 0 radical (unpaired) electrons. The first-order valence-electron chi connectivity index (χ1n) is 4.53. The van der Waals surface area contributed by atoms with E-state index in [0.717, 1.165) is 16.5 Å². The molecular weight excluding hydrogens is 246 g/mol. The van der Waals surface area contributed by atoms with Gasteiger partial charge >= 0.3 is 5.97 Å². The van der Waals surface area contributed by atoms with Crippen molar-refractivity contribution in [3.05, 3.63) is 29.5 Å². The van der Waals surface area contributed by atoms with Crippen LogP contribution in [0.5, 0.6) is 0 Å². The van der Waals surface area contributed by atoms with Gasteiger partial charge in [-0.05, 0) is 12.1 Å². The number of aliphatic carboxylic acids is 1. The zero-order valence-electron chi connectivity index (χ0n) is 8.25. The average Bonchev–Trinajstić information content (AvgIpc) is 2.85. The molecule has 4 nitrogen and oxygen atoms in total. The number of carbonyl (C=O) groups is 1. The molecule has 2 rings (SSSR count). The lowest BCUT2D eigenvalue weighted by Gasteiger charge is -1.93. The Hall–Kier alpha value is -1.27. The van der Waals surface area contributed by atoms with E-state index in [1.165, 1.54) is 23.1 Å². The van der Waals surface area contributed by atoms with Gasteiger partial charge < -0.3 is 9.52 Å². The summed E-state index contributed by atoms with van der Waals surface area (Å²) in [6.07, 6.45) is 1.61. The van der Waals surface area contributed by atoms with Crippen LogP contribution in [-0.4, -0.2) is 21.8 Å². The fourth-order valence-electron chi connectivity index (χ4n) is 1.13. The Morgan fingerprint density at radius 3 is 3.19 bits per heavy atom. The standard InChI is InChI=1S/C10H9NO3S2/c12-9(13)6-15-4-7-5-16-10(11-7)8-2-1-3-14-8/h1-3,5H,4,6H2,(H,12,13). The molecule has 0 aliphatic rings. The maximum atomic E-state index is 10.3. The summed E-state index contributed by atoms with van der Waals surface area (Å²) >= 11 is 2.84. The molecule has 0 saturated carbocycles. The van der Waals surface area contributed by atoms with Crippen LogP contribution in [0, 0.1) is 0 Å². The number of carboxylic acid groups (broad SMARTS) is 1. The average molecular weight is 255 g/mol. The number of hydrogen-bond donors (Lipinski definition) is 1. The second-order valence-electron chi connectivity index (χ2n) is 3.01. The molecule has 0 aliphatic heterocycles. The molecule has 0 aromatic carbocycles. The molecule has 6 heteroatoms. The molecule has 0 spiro atoms. The number of nitrogens with zero attached hydrogens (tertiary/aromatic N) is 1. The van der Waals surface area contributed by atoms with Gasteiger partial charge in [0.25, 0.3) is 0 Å². The fourth-order valence-corrected chi connectivity index (χ4v) is 2.65. The summed E-state index contributed by atoms with van der Waals surface area (Å²) in [6, 6.07) is 3.67. The largest absolute Gasteiger partial charge is 0.481 e. The number of thiazole rings is 1. The van der Waals surface area contributed by atoms with Crippen LogP contribution in [0.1, 0.15) is 5.69 Å². The molecule has 16 heavy (non-hydrogen) atoms. The maximum absolute atomic E-state index is 10.3. The number of aromatic nitrogens is 1. The van der Waals surface area contributed by atoms with Crippen LogP contribution in [-0.2, 0) is 10.5 Å².